The standard InChI is InChI=1S/C22H21N3O5/c1-3-13-5-7-15(8-6-13)23-22(27)25-20-16(21(26)28-4-2)9-14-10-18-19(30-12-29-18)11-17(14)24-20/h5-11H,3-4,12H2,1-2H3,(H2,23,24,25,27). The average molecular weight is 407 g/mol. The van der Waals surface area contributed by atoms with Crippen molar-refractivity contribution in [3.63, 3.8) is 0 Å². The van der Waals surface area contributed by atoms with Crippen molar-refractivity contribution in [2.45, 2.75) is 20.3 Å². The molecule has 8 heteroatoms. The molecule has 0 saturated carbocycles. The van der Waals surface area contributed by atoms with Crippen molar-refractivity contribution < 1.29 is 23.8 Å². The minimum Gasteiger partial charge on any atom is -0.462 e. The molecule has 2 amide bonds. The third-order valence-corrected chi connectivity index (χ3v) is 4.66. The summed E-state index contributed by atoms with van der Waals surface area (Å²) in [4.78, 5) is 29.5. The predicted molar refractivity (Wildman–Crippen MR) is 112 cm³/mol. The van der Waals surface area contributed by atoms with E-state index in [2.05, 4.69) is 22.5 Å². The van der Waals surface area contributed by atoms with Gasteiger partial charge < -0.3 is 19.5 Å². The number of nitrogens with zero attached hydrogens (tertiary/aromatic N) is 1. The number of amides is 2. The van der Waals surface area contributed by atoms with Crippen LogP contribution < -0.4 is 20.1 Å². The lowest BCUT2D eigenvalue weighted by Gasteiger charge is -2.12. The van der Waals surface area contributed by atoms with Crippen molar-refractivity contribution in [1.29, 1.82) is 0 Å². The lowest BCUT2D eigenvalue weighted by atomic mass is 10.1. The van der Waals surface area contributed by atoms with Crippen LogP contribution in [0.15, 0.2) is 42.5 Å². The minimum absolute atomic E-state index is 0.0995. The van der Waals surface area contributed by atoms with Crippen molar-refractivity contribution in [3.05, 3.63) is 53.6 Å². The molecule has 0 radical (unpaired) electrons. The smallest absolute Gasteiger partial charge is 0.341 e. The number of aromatic nitrogens is 1. The zero-order valence-corrected chi connectivity index (χ0v) is 16.7. The lowest BCUT2D eigenvalue weighted by molar-refractivity contribution is 0.0527. The number of hydrogen-bond donors (Lipinski definition) is 2. The Morgan fingerprint density at radius 1 is 1.03 bits per heavy atom. The fourth-order valence-electron chi connectivity index (χ4n) is 3.12. The summed E-state index contributed by atoms with van der Waals surface area (Å²) in [7, 11) is 0. The summed E-state index contributed by atoms with van der Waals surface area (Å²) in [6, 6.07) is 12.1. The SMILES string of the molecule is CCOC(=O)c1cc2cc3c(cc2nc1NC(=O)Nc1ccc(CC)cc1)OCO3. The molecule has 0 spiro atoms. The third-order valence-electron chi connectivity index (χ3n) is 4.66. The Bertz CT molecular complexity index is 1110. The molecule has 1 aromatic heterocycles. The van der Waals surface area contributed by atoms with Gasteiger partial charge in [-0.05, 0) is 43.2 Å². The second-order valence-electron chi connectivity index (χ2n) is 6.63. The second kappa shape index (κ2) is 8.28. The Morgan fingerprint density at radius 3 is 2.47 bits per heavy atom. The highest BCUT2D eigenvalue weighted by molar-refractivity contribution is 6.06. The predicted octanol–water partition coefficient (Wildman–Crippen LogP) is 4.35. The number of ether oxygens (including phenoxy) is 3. The first-order chi connectivity index (χ1) is 14.6. The monoisotopic (exact) mass is 407 g/mol. The van der Waals surface area contributed by atoms with Crippen LogP contribution in [0.5, 0.6) is 11.5 Å². The molecular weight excluding hydrogens is 386 g/mol. The zero-order chi connectivity index (χ0) is 21.1. The maximum atomic E-state index is 12.5. The largest absolute Gasteiger partial charge is 0.462 e. The first kappa shape index (κ1) is 19.5. The van der Waals surface area contributed by atoms with E-state index in [9.17, 15) is 9.59 Å². The molecule has 0 saturated heterocycles. The van der Waals surface area contributed by atoms with E-state index in [1.54, 1.807) is 25.1 Å². The summed E-state index contributed by atoms with van der Waals surface area (Å²) in [6.07, 6.45) is 0.912. The first-order valence-corrected chi connectivity index (χ1v) is 9.66. The Morgan fingerprint density at radius 2 is 1.77 bits per heavy atom. The summed E-state index contributed by atoms with van der Waals surface area (Å²) in [5, 5.41) is 6.07. The molecule has 1 aliphatic heterocycles. The van der Waals surface area contributed by atoms with E-state index in [0.717, 1.165) is 6.42 Å². The fourth-order valence-corrected chi connectivity index (χ4v) is 3.12. The summed E-state index contributed by atoms with van der Waals surface area (Å²) in [5.74, 6) is 0.660. The second-order valence-corrected chi connectivity index (χ2v) is 6.63. The van der Waals surface area contributed by atoms with Gasteiger partial charge in [0.05, 0.1) is 12.1 Å². The van der Waals surface area contributed by atoms with Crippen LogP contribution in [0.25, 0.3) is 10.9 Å². The van der Waals surface area contributed by atoms with E-state index in [0.29, 0.717) is 28.1 Å². The van der Waals surface area contributed by atoms with Crippen LogP contribution >= 0.6 is 0 Å². The van der Waals surface area contributed by atoms with Gasteiger partial charge in [-0.1, -0.05) is 19.1 Å². The number of esters is 1. The number of urea groups is 1. The quantitative estimate of drug-likeness (QED) is 0.610. The molecule has 154 valence electrons. The summed E-state index contributed by atoms with van der Waals surface area (Å²) in [6.45, 7) is 4.10. The number of benzene rings is 2. The number of carbonyl (C=O) groups excluding carboxylic acids is 2. The number of carbonyl (C=O) groups is 2. The Hall–Kier alpha value is -3.81. The van der Waals surface area contributed by atoms with Crippen LogP contribution in [-0.2, 0) is 11.2 Å². The lowest BCUT2D eigenvalue weighted by Crippen LogP contribution is -2.22. The molecule has 0 fully saturated rings. The van der Waals surface area contributed by atoms with Crippen molar-refractivity contribution in [2.75, 3.05) is 24.0 Å². The van der Waals surface area contributed by atoms with Crippen LogP contribution in [0.4, 0.5) is 16.3 Å². The van der Waals surface area contributed by atoms with E-state index in [4.69, 9.17) is 14.2 Å². The van der Waals surface area contributed by atoms with Gasteiger partial charge in [-0.15, -0.1) is 0 Å². The van der Waals surface area contributed by atoms with Gasteiger partial charge in [-0.2, -0.15) is 0 Å². The van der Waals surface area contributed by atoms with E-state index in [1.165, 1.54) is 5.56 Å². The van der Waals surface area contributed by atoms with E-state index in [1.807, 2.05) is 24.3 Å². The van der Waals surface area contributed by atoms with E-state index in [-0.39, 0.29) is 24.8 Å². The van der Waals surface area contributed by atoms with Crippen molar-refractivity contribution in [3.8, 4) is 11.5 Å². The highest BCUT2D eigenvalue weighted by Gasteiger charge is 2.21. The summed E-state index contributed by atoms with van der Waals surface area (Å²) in [5.41, 5.74) is 2.50. The van der Waals surface area contributed by atoms with Gasteiger partial charge in [0.1, 0.15) is 11.4 Å². The maximum Gasteiger partial charge on any atom is 0.341 e. The number of rotatable bonds is 5. The Labute approximate surface area is 173 Å². The molecule has 4 rings (SSSR count). The molecular formula is C22H21N3O5. The van der Waals surface area contributed by atoms with Crippen LogP contribution in [0, 0.1) is 0 Å². The maximum absolute atomic E-state index is 12.5. The highest BCUT2D eigenvalue weighted by atomic mass is 16.7. The summed E-state index contributed by atoms with van der Waals surface area (Å²) >= 11 is 0. The molecule has 1 aliphatic rings. The summed E-state index contributed by atoms with van der Waals surface area (Å²) < 4.78 is 15.9. The van der Waals surface area contributed by atoms with Gasteiger partial charge in [0.25, 0.3) is 0 Å². The number of anilines is 2. The Kier molecular flexibility index (Phi) is 5.38. The van der Waals surface area contributed by atoms with Crippen molar-refractivity contribution >= 4 is 34.4 Å². The van der Waals surface area contributed by atoms with Crippen LogP contribution in [0.3, 0.4) is 0 Å². The van der Waals surface area contributed by atoms with Crippen LogP contribution in [-0.4, -0.2) is 30.4 Å². The molecule has 3 aromatic rings. The first-order valence-electron chi connectivity index (χ1n) is 9.66. The molecule has 0 unspecified atom stereocenters. The van der Waals surface area contributed by atoms with Gasteiger partial charge in [-0.25, -0.2) is 14.6 Å². The van der Waals surface area contributed by atoms with Crippen molar-refractivity contribution in [1.82, 2.24) is 4.98 Å². The van der Waals surface area contributed by atoms with Crippen LogP contribution in [0.1, 0.15) is 29.8 Å². The molecule has 2 N–H and O–H groups in total. The van der Waals surface area contributed by atoms with Gasteiger partial charge in [0.2, 0.25) is 6.79 Å². The highest BCUT2D eigenvalue weighted by Crippen LogP contribution is 2.36. The zero-order valence-electron chi connectivity index (χ0n) is 16.7. The van der Waals surface area contributed by atoms with Crippen LogP contribution in [0.2, 0.25) is 0 Å². The molecule has 2 aromatic carbocycles. The molecule has 0 aliphatic carbocycles. The molecule has 0 atom stereocenters. The van der Waals surface area contributed by atoms with E-state index < -0.39 is 12.0 Å². The number of nitrogens with one attached hydrogen (secondary N) is 2. The minimum atomic E-state index is -0.577. The number of aryl methyl sites for hydroxylation is 1. The van der Waals surface area contributed by atoms with Gasteiger partial charge >= 0.3 is 12.0 Å². The Balaban J connectivity index is 1.64. The number of fused-ring (bicyclic) bond motifs is 2. The number of hydrogen-bond acceptors (Lipinski definition) is 6. The molecule has 2 heterocycles. The molecule has 0 bridgehead atoms. The third kappa shape index (κ3) is 3.98. The molecule has 8 nitrogen and oxygen atoms in total. The van der Waals surface area contributed by atoms with Gasteiger partial charge in [0, 0.05) is 17.1 Å². The normalized spacial score (nSPS) is 11.9. The van der Waals surface area contributed by atoms with E-state index >= 15 is 0 Å². The van der Waals surface area contributed by atoms with Gasteiger partial charge in [0.15, 0.2) is 11.5 Å². The average Bonchev–Trinajstić information content (AvgIpc) is 3.19. The topological polar surface area (TPSA) is 98.8 Å². The van der Waals surface area contributed by atoms with Crippen molar-refractivity contribution in [2.24, 2.45) is 0 Å². The molecule has 30 heavy (non-hydrogen) atoms. The fraction of sp³-hybridized carbons (Fsp3) is 0.227. The number of pyridine rings is 1. The van der Waals surface area contributed by atoms with Gasteiger partial charge in [-0.3, -0.25) is 5.32 Å².